The van der Waals surface area contributed by atoms with Gasteiger partial charge in [-0.15, -0.1) is 0 Å². The van der Waals surface area contributed by atoms with Crippen molar-refractivity contribution in [1.29, 1.82) is 0 Å². The molecule has 1 saturated carbocycles. The van der Waals surface area contributed by atoms with Crippen molar-refractivity contribution >= 4 is 11.6 Å². The van der Waals surface area contributed by atoms with Crippen molar-refractivity contribution in [2.75, 3.05) is 13.7 Å². The molecule has 0 radical (unpaired) electrons. The van der Waals surface area contributed by atoms with Crippen molar-refractivity contribution in [2.24, 2.45) is 5.92 Å². The molecule has 2 rings (SSSR count). The van der Waals surface area contributed by atoms with Crippen LogP contribution in [0.2, 0.25) is 5.02 Å². The van der Waals surface area contributed by atoms with Gasteiger partial charge in [0.15, 0.2) is 0 Å². The van der Waals surface area contributed by atoms with Gasteiger partial charge < -0.3 is 10.1 Å². The van der Waals surface area contributed by atoms with Crippen molar-refractivity contribution in [1.82, 2.24) is 5.32 Å². The molecule has 0 heterocycles. The van der Waals surface area contributed by atoms with Gasteiger partial charge in [-0.05, 0) is 61.9 Å². The Hall–Kier alpha value is -0.730. The highest BCUT2D eigenvalue weighted by atomic mass is 35.5. The maximum atomic E-state index is 6.10. The Morgan fingerprint density at radius 3 is 2.84 bits per heavy atom. The molecule has 1 unspecified atom stereocenters. The van der Waals surface area contributed by atoms with Crippen molar-refractivity contribution in [3.8, 4) is 5.75 Å². The molecule has 0 aliphatic heterocycles. The van der Waals surface area contributed by atoms with Crippen LogP contribution in [0.5, 0.6) is 5.75 Å². The van der Waals surface area contributed by atoms with Crippen LogP contribution in [-0.4, -0.2) is 19.7 Å². The van der Waals surface area contributed by atoms with Gasteiger partial charge in [-0.25, -0.2) is 0 Å². The van der Waals surface area contributed by atoms with Crippen molar-refractivity contribution < 1.29 is 4.74 Å². The molecule has 1 aromatic carbocycles. The van der Waals surface area contributed by atoms with Crippen LogP contribution < -0.4 is 10.1 Å². The zero-order valence-electron chi connectivity index (χ0n) is 11.9. The number of nitrogens with one attached hydrogen (secondary N) is 1. The third-order valence-corrected chi connectivity index (χ3v) is 3.96. The average Bonchev–Trinajstić information content (AvgIpc) is 3.20. The normalized spacial score (nSPS) is 16.4. The maximum Gasteiger partial charge on any atom is 0.122 e. The molecular formula is C16H24ClNO. The molecule has 1 atom stereocenters. The Morgan fingerprint density at radius 2 is 2.21 bits per heavy atom. The first kappa shape index (κ1) is 14.7. The first-order valence-electron chi connectivity index (χ1n) is 7.28. The molecule has 1 aliphatic rings. The number of rotatable bonds is 8. The van der Waals surface area contributed by atoms with E-state index in [-0.39, 0.29) is 0 Å². The van der Waals surface area contributed by atoms with E-state index in [0.717, 1.165) is 29.8 Å². The monoisotopic (exact) mass is 281 g/mol. The van der Waals surface area contributed by atoms with Gasteiger partial charge in [0.2, 0.25) is 0 Å². The van der Waals surface area contributed by atoms with Crippen LogP contribution in [0.3, 0.4) is 0 Å². The Labute approximate surface area is 121 Å². The van der Waals surface area contributed by atoms with Crippen LogP contribution in [0.1, 0.15) is 38.2 Å². The van der Waals surface area contributed by atoms with E-state index < -0.39 is 0 Å². The van der Waals surface area contributed by atoms with Crippen LogP contribution in [-0.2, 0) is 6.42 Å². The molecule has 0 saturated heterocycles. The molecule has 106 valence electrons. The fourth-order valence-corrected chi connectivity index (χ4v) is 2.72. The largest absolute Gasteiger partial charge is 0.496 e. The van der Waals surface area contributed by atoms with Gasteiger partial charge in [-0.1, -0.05) is 24.9 Å². The third-order valence-electron chi connectivity index (χ3n) is 3.72. The molecular weight excluding hydrogens is 258 g/mol. The van der Waals surface area contributed by atoms with Gasteiger partial charge in [0.25, 0.3) is 0 Å². The molecule has 19 heavy (non-hydrogen) atoms. The van der Waals surface area contributed by atoms with Gasteiger partial charge in [0, 0.05) is 11.1 Å². The van der Waals surface area contributed by atoms with Crippen LogP contribution >= 0.6 is 11.6 Å². The average molecular weight is 282 g/mol. The van der Waals surface area contributed by atoms with Gasteiger partial charge in [-0.2, -0.15) is 0 Å². The lowest BCUT2D eigenvalue weighted by atomic mass is 9.94. The zero-order chi connectivity index (χ0) is 13.7. The number of ether oxygens (including phenoxy) is 1. The Bertz CT molecular complexity index is 404. The lowest BCUT2D eigenvalue weighted by Crippen LogP contribution is -2.26. The SMILES string of the molecule is CCCC(CNC1CC1)Cc1cc(Cl)ccc1OC. The van der Waals surface area contributed by atoms with Crippen molar-refractivity contribution in [3.63, 3.8) is 0 Å². The Kier molecular flexibility index (Phi) is 5.53. The van der Waals surface area contributed by atoms with Gasteiger partial charge in [-0.3, -0.25) is 0 Å². The second-order valence-corrected chi connectivity index (χ2v) is 5.93. The van der Waals surface area contributed by atoms with E-state index in [1.54, 1.807) is 7.11 Å². The summed E-state index contributed by atoms with van der Waals surface area (Å²) in [7, 11) is 1.73. The summed E-state index contributed by atoms with van der Waals surface area (Å²) in [5, 5.41) is 4.43. The highest BCUT2D eigenvalue weighted by molar-refractivity contribution is 6.30. The highest BCUT2D eigenvalue weighted by Crippen LogP contribution is 2.27. The molecule has 1 aromatic rings. The van der Waals surface area contributed by atoms with E-state index in [2.05, 4.69) is 12.2 Å². The first-order valence-corrected chi connectivity index (χ1v) is 7.66. The summed E-state index contributed by atoms with van der Waals surface area (Å²) in [5.74, 6) is 1.62. The van der Waals surface area contributed by atoms with E-state index in [4.69, 9.17) is 16.3 Å². The number of benzene rings is 1. The summed E-state index contributed by atoms with van der Waals surface area (Å²) in [5.41, 5.74) is 1.23. The van der Waals surface area contributed by atoms with Crippen LogP contribution in [0.4, 0.5) is 0 Å². The van der Waals surface area contributed by atoms with Crippen molar-refractivity contribution in [3.05, 3.63) is 28.8 Å². The van der Waals surface area contributed by atoms with Gasteiger partial charge in [0.05, 0.1) is 7.11 Å². The molecule has 1 fully saturated rings. The minimum absolute atomic E-state index is 0.665. The second-order valence-electron chi connectivity index (χ2n) is 5.50. The van der Waals surface area contributed by atoms with E-state index in [1.165, 1.54) is 31.2 Å². The number of halogens is 1. The molecule has 3 heteroatoms. The fraction of sp³-hybridized carbons (Fsp3) is 0.625. The quantitative estimate of drug-likeness (QED) is 0.776. The highest BCUT2D eigenvalue weighted by Gasteiger charge is 2.22. The summed E-state index contributed by atoms with van der Waals surface area (Å²) in [6.07, 6.45) is 6.20. The summed E-state index contributed by atoms with van der Waals surface area (Å²) in [4.78, 5) is 0. The summed E-state index contributed by atoms with van der Waals surface area (Å²) >= 11 is 6.10. The predicted octanol–water partition coefficient (Wildman–Crippen LogP) is 4.06. The summed E-state index contributed by atoms with van der Waals surface area (Å²) < 4.78 is 5.44. The van der Waals surface area contributed by atoms with E-state index >= 15 is 0 Å². The topological polar surface area (TPSA) is 21.3 Å². The minimum Gasteiger partial charge on any atom is -0.496 e. The standard InChI is InChI=1S/C16H24ClNO/c1-3-4-12(11-18-15-6-7-15)9-13-10-14(17)5-8-16(13)19-2/h5,8,10,12,15,18H,3-4,6-7,9,11H2,1-2H3. The van der Waals surface area contributed by atoms with Crippen LogP contribution in [0.25, 0.3) is 0 Å². The molecule has 0 aromatic heterocycles. The maximum absolute atomic E-state index is 6.10. The van der Waals surface area contributed by atoms with E-state index in [0.29, 0.717) is 5.92 Å². The summed E-state index contributed by atoms with van der Waals surface area (Å²) in [6.45, 7) is 3.35. The van der Waals surface area contributed by atoms with E-state index in [9.17, 15) is 0 Å². The van der Waals surface area contributed by atoms with Crippen LogP contribution in [0, 0.1) is 5.92 Å². The zero-order valence-corrected chi connectivity index (χ0v) is 12.7. The number of hydrogen-bond donors (Lipinski definition) is 1. The fourth-order valence-electron chi connectivity index (χ4n) is 2.52. The molecule has 1 N–H and O–H groups in total. The molecule has 2 nitrogen and oxygen atoms in total. The molecule has 0 amide bonds. The number of methoxy groups -OCH3 is 1. The van der Waals surface area contributed by atoms with Gasteiger partial charge in [0.1, 0.15) is 5.75 Å². The predicted molar refractivity (Wildman–Crippen MR) is 81.1 cm³/mol. The van der Waals surface area contributed by atoms with E-state index in [1.807, 2.05) is 18.2 Å². The first-order chi connectivity index (χ1) is 9.22. The molecule has 0 spiro atoms. The molecule has 1 aliphatic carbocycles. The second kappa shape index (κ2) is 7.16. The van der Waals surface area contributed by atoms with Gasteiger partial charge >= 0.3 is 0 Å². The lowest BCUT2D eigenvalue weighted by molar-refractivity contribution is 0.394. The minimum atomic E-state index is 0.665. The van der Waals surface area contributed by atoms with Crippen molar-refractivity contribution in [2.45, 2.75) is 45.1 Å². The number of hydrogen-bond acceptors (Lipinski definition) is 2. The lowest BCUT2D eigenvalue weighted by Gasteiger charge is -2.18. The molecule has 0 bridgehead atoms. The van der Waals surface area contributed by atoms with Crippen LogP contribution in [0.15, 0.2) is 18.2 Å². The Balaban J connectivity index is 1.99. The smallest absolute Gasteiger partial charge is 0.122 e. The Morgan fingerprint density at radius 1 is 1.42 bits per heavy atom. The summed E-state index contributed by atoms with van der Waals surface area (Å²) in [6, 6.07) is 6.68. The third kappa shape index (κ3) is 4.70.